The number of Topliss-reactive ketones (excluding diaryl/α,β-unsaturated/α-hetero) is 1. The first-order chi connectivity index (χ1) is 11.4. The summed E-state index contributed by atoms with van der Waals surface area (Å²) >= 11 is 0. The van der Waals surface area contributed by atoms with Crippen molar-refractivity contribution < 1.29 is 9.90 Å². The normalized spacial score (nSPS) is 15.6. The third-order valence-corrected chi connectivity index (χ3v) is 4.92. The molecule has 0 spiro atoms. The Bertz CT molecular complexity index is 708. The van der Waals surface area contributed by atoms with Crippen LogP contribution in [0.2, 0.25) is 0 Å². The molecule has 3 rings (SSSR count). The Balaban J connectivity index is 1.60. The predicted octanol–water partition coefficient (Wildman–Crippen LogP) is 4.04. The summed E-state index contributed by atoms with van der Waals surface area (Å²) < 4.78 is 2.00. The lowest BCUT2D eigenvalue weighted by Gasteiger charge is -2.25. The van der Waals surface area contributed by atoms with Crippen molar-refractivity contribution in [2.24, 2.45) is 0 Å². The van der Waals surface area contributed by atoms with E-state index in [2.05, 4.69) is 12.1 Å². The van der Waals surface area contributed by atoms with E-state index in [1.165, 1.54) is 36.0 Å². The van der Waals surface area contributed by atoms with Crippen LogP contribution in [0.4, 0.5) is 0 Å². The van der Waals surface area contributed by atoms with Crippen LogP contribution < -0.4 is 0 Å². The maximum Gasteiger partial charge on any atom is 0.135 e. The predicted molar refractivity (Wildman–Crippen MR) is 95.3 cm³/mol. The number of carbonyl (C=O) groups excluding carboxylic acids is 1. The summed E-state index contributed by atoms with van der Waals surface area (Å²) in [6, 6.07) is 6.26. The number of aliphatic hydroxyl groups is 1. The largest absolute Gasteiger partial charge is 0.390 e. The summed E-state index contributed by atoms with van der Waals surface area (Å²) in [6.45, 7) is 3.37. The topological polar surface area (TPSA) is 54.6 Å². The Morgan fingerprint density at radius 1 is 1.33 bits per heavy atom. The fourth-order valence-electron chi connectivity index (χ4n) is 3.58. The van der Waals surface area contributed by atoms with Gasteiger partial charge in [0, 0.05) is 24.6 Å². The number of hydrogen-bond acceptors (Lipinski definition) is 3. The molecule has 2 aromatic heterocycles. The number of fused-ring (bicyclic) bond motifs is 1. The minimum absolute atomic E-state index is 0.150. The second-order valence-electron chi connectivity index (χ2n) is 7.75. The van der Waals surface area contributed by atoms with E-state index in [1.807, 2.05) is 16.8 Å². The molecule has 0 saturated heterocycles. The van der Waals surface area contributed by atoms with Crippen molar-refractivity contribution in [1.82, 2.24) is 9.61 Å². The Kier molecular flexibility index (Phi) is 5.04. The molecule has 24 heavy (non-hydrogen) atoms. The molecule has 1 aliphatic rings. The Morgan fingerprint density at radius 3 is 2.79 bits per heavy atom. The lowest BCUT2D eigenvalue weighted by molar-refractivity contribution is -0.122. The smallest absolute Gasteiger partial charge is 0.135 e. The zero-order valence-corrected chi connectivity index (χ0v) is 14.8. The van der Waals surface area contributed by atoms with E-state index >= 15 is 0 Å². The second-order valence-corrected chi connectivity index (χ2v) is 7.75. The molecule has 1 N–H and O–H groups in total. The summed E-state index contributed by atoms with van der Waals surface area (Å²) in [5.74, 6) is 0.813. The van der Waals surface area contributed by atoms with E-state index in [9.17, 15) is 9.90 Å². The number of aromatic nitrogens is 2. The molecule has 0 aromatic carbocycles. The third-order valence-electron chi connectivity index (χ3n) is 4.92. The van der Waals surface area contributed by atoms with Crippen molar-refractivity contribution in [3.8, 4) is 0 Å². The van der Waals surface area contributed by atoms with Crippen LogP contribution in [0.3, 0.4) is 0 Å². The van der Waals surface area contributed by atoms with Gasteiger partial charge in [0.05, 0.1) is 16.8 Å². The maximum absolute atomic E-state index is 11.9. The summed E-state index contributed by atoms with van der Waals surface area (Å²) in [4.78, 5) is 11.9. The summed E-state index contributed by atoms with van der Waals surface area (Å²) in [6.07, 6.45) is 9.45. The fraction of sp³-hybridized carbons (Fsp3) is 0.600. The zero-order valence-electron chi connectivity index (χ0n) is 14.8. The molecular formula is C20H28N2O2. The van der Waals surface area contributed by atoms with E-state index in [-0.39, 0.29) is 12.2 Å². The average Bonchev–Trinajstić information content (AvgIpc) is 2.79. The summed E-state index contributed by atoms with van der Waals surface area (Å²) in [5, 5.41) is 14.5. The summed E-state index contributed by atoms with van der Waals surface area (Å²) in [5.41, 5.74) is 3.00. The quantitative estimate of drug-likeness (QED) is 0.744. The van der Waals surface area contributed by atoms with Crippen LogP contribution in [0.15, 0.2) is 24.4 Å². The van der Waals surface area contributed by atoms with E-state index in [0.29, 0.717) is 12.3 Å². The van der Waals surface area contributed by atoms with Gasteiger partial charge in [-0.05, 0) is 64.0 Å². The zero-order chi connectivity index (χ0) is 17.2. The number of aryl methyl sites for hydroxylation is 1. The molecule has 2 heterocycles. The first-order valence-electron chi connectivity index (χ1n) is 9.14. The van der Waals surface area contributed by atoms with Gasteiger partial charge in [-0.3, -0.25) is 4.79 Å². The Hall–Kier alpha value is -1.68. The average molecular weight is 328 g/mol. The Labute approximate surface area is 143 Å². The number of unbranched alkanes of at least 4 members (excludes halogenated alkanes) is 1. The van der Waals surface area contributed by atoms with Gasteiger partial charge in [0.25, 0.3) is 0 Å². The number of nitrogens with zero attached hydrogens (tertiary/aromatic N) is 2. The van der Waals surface area contributed by atoms with E-state index in [1.54, 1.807) is 13.8 Å². The SMILES string of the molecule is CC(C)(O)CC(=O)CCCCc1nn2ccccc2c1C1CCC1. The van der Waals surface area contributed by atoms with Crippen LogP contribution in [0.25, 0.3) is 5.52 Å². The number of ketones is 1. The molecular weight excluding hydrogens is 300 g/mol. The molecule has 0 unspecified atom stereocenters. The standard InChI is InChI=1S/C20H28N2O2/c1-20(2,24)14-16(23)10-3-4-11-17-19(15-8-7-9-15)18-12-5-6-13-22(18)21-17/h5-6,12-13,15,24H,3-4,7-11,14H2,1-2H3. The molecule has 0 atom stereocenters. The molecule has 1 saturated carbocycles. The molecule has 4 heteroatoms. The number of hydrogen-bond donors (Lipinski definition) is 1. The van der Waals surface area contributed by atoms with Crippen molar-refractivity contribution in [2.75, 3.05) is 0 Å². The van der Waals surface area contributed by atoms with Crippen LogP contribution in [-0.2, 0) is 11.2 Å². The van der Waals surface area contributed by atoms with Gasteiger partial charge < -0.3 is 5.11 Å². The highest BCUT2D eigenvalue weighted by molar-refractivity contribution is 5.79. The highest BCUT2D eigenvalue weighted by Gasteiger charge is 2.26. The molecule has 1 aliphatic carbocycles. The first-order valence-corrected chi connectivity index (χ1v) is 9.14. The second kappa shape index (κ2) is 7.06. The molecule has 0 radical (unpaired) electrons. The lowest BCUT2D eigenvalue weighted by Crippen LogP contribution is -2.23. The molecule has 1 fully saturated rings. The number of pyridine rings is 1. The molecule has 130 valence electrons. The number of carbonyl (C=O) groups is 1. The van der Waals surface area contributed by atoms with Gasteiger partial charge in [0.2, 0.25) is 0 Å². The monoisotopic (exact) mass is 328 g/mol. The van der Waals surface area contributed by atoms with E-state index < -0.39 is 5.60 Å². The lowest BCUT2D eigenvalue weighted by atomic mass is 9.79. The minimum Gasteiger partial charge on any atom is -0.390 e. The van der Waals surface area contributed by atoms with Crippen molar-refractivity contribution >= 4 is 11.3 Å². The van der Waals surface area contributed by atoms with Gasteiger partial charge in [0.1, 0.15) is 5.78 Å². The van der Waals surface area contributed by atoms with Crippen molar-refractivity contribution in [3.05, 3.63) is 35.7 Å². The van der Waals surface area contributed by atoms with Gasteiger partial charge >= 0.3 is 0 Å². The van der Waals surface area contributed by atoms with Crippen LogP contribution in [0.5, 0.6) is 0 Å². The van der Waals surface area contributed by atoms with Crippen LogP contribution in [0, 0.1) is 0 Å². The van der Waals surface area contributed by atoms with Gasteiger partial charge in [-0.2, -0.15) is 5.10 Å². The van der Waals surface area contributed by atoms with Crippen LogP contribution in [0.1, 0.15) is 76.0 Å². The van der Waals surface area contributed by atoms with Crippen molar-refractivity contribution in [3.63, 3.8) is 0 Å². The number of rotatable bonds is 8. The first kappa shape index (κ1) is 17.2. The van der Waals surface area contributed by atoms with Crippen molar-refractivity contribution in [1.29, 1.82) is 0 Å². The summed E-state index contributed by atoms with van der Waals surface area (Å²) in [7, 11) is 0. The van der Waals surface area contributed by atoms with E-state index in [4.69, 9.17) is 5.10 Å². The van der Waals surface area contributed by atoms with Gasteiger partial charge in [-0.1, -0.05) is 12.5 Å². The fourth-order valence-corrected chi connectivity index (χ4v) is 3.58. The van der Waals surface area contributed by atoms with Crippen LogP contribution in [-0.4, -0.2) is 26.1 Å². The molecule has 0 amide bonds. The van der Waals surface area contributed by atoms with Gasteiger partial charge in [-0.25, -0.2) is 4.52 Å². The highest BCUT2D eigenvalue weighted by atomic mass is 16.3. The highest BCUT2D eigenvalue weighted by Crippen LogP contribution is 2.40. The molecule has 0 bridgehead atoms. The molecule has 0 aliphatic heterocycles. The third kappa shape index (κ3) is 4.04. The van der Waals surface area contributed by atoms with E-state index in [0.717, 1.165) is 19.3 Å². The van der Waals surface area contributed by atoms with Crippen LogP contribution >= 0.6 is 0 Å². The molecule has 2 aromatic rings. The van der Waals surface area contributed by atoms with Crippen molar-refractivity contribution in [2.45, 2.75) is 76.7 Å². The molecule has 4 nitrogen and oxygen atoms in total. The Morgan fingerprint density at radius 2 is 2.12 bits per heavy atom. The van der Waals surface area contributed by atoms with Gasteiger partial charge in [-0.15, -0.1) is 0 Å². The van der Waals surface area contributed by atoms with Gasteiger partial charge in [0.15, 0.2) is 0 Å². The minimum atomic E-state index is -0.893. The maximum atomic E-state index is 11.9.